The van der Waals surface area contributed by atoms with Crippen molar-refractivity contribution in [3.63, 3.8) is 0 Å². The first kappa shape index (κ1) is 14.8. The monoisotopic (exact) mass is 335 g/mol. The number of imidazole rings is 2. The van der Waals surface area contributed by atoms with Crippen LogP contribution in [0, 0.1) is 0 Å². The highest BCUT2D eigenvalue weighted by molar-refractivity contribution is 7.18. The number of aryl methyl sites for hydroxylation is 2. The van der Waals surface area contributed by atoms with Gasteiger partial charge in [0.2, 0.25) is 0 Å². The Hall–Kier alpha value is -2.73. The maximum Gasteiger partial charge on any atom is 0.151 e. The van der Waals surface area contributed by atoms with Gasteiger partial charge in [-0.2, -0.15) is 0 Å². The highest BCUT2D eigenvalue weighted by Gasteiger charge is 2.11. The Morgan fingerprint density at radius 2 is 1.88 bits per heavy atom. The van der Waals surface area contributed by atoms with Gasteiger partial charge in [-0.1, -0.05) is 30.3 Å². The van der Waals surface area contributed by atoms with Gasteiger partial charge in [0, 0.05) is 49.6 Å². The topological polar surface area (TPSA) is 48.5 Å². The number of nitrogens with zero attached hydrogens (tertiary/aromatic N) is 5. The molecule has 0 atom stereocenters. The van der Waals surface area contributed by atoms with Crippen molar-refractivity contribution in [3.8, 4) is 21.3 Å². The zero-order valence-corrected chi connectivity index (χ0v) is 13.9. The van der Waals surface area contributed by atoms with E-state index < -0.39 is 0 Å². The van der Waals surface area contributed by atoms with E-state index >= 15 is 0 Å². The Kier molecular flexibility index (Phi) is 4.20. The Morgan fingerprint density at radius 3 is 2.71 bits per heavy atom. The predicted octanol–water partition coefficient (Wildman–Crippen LogP) is 3.96. The van der Waals surface area contributed by atoms with Crippen LogP contribution in [-0.4, -0.2) is 24.1 Å². The molecule has 4 aromatic rings. The van der Waals surface area contributed by atoms with Crippen molar-refractivity contribution >= 4 is 11.3 Å². The molecule has 0 aliphatic rings. The number of aromatic nitrogens is 5. The molecule has 1 aromatic carbocycles. The van der Waals surface area contributed by atoms with Gasteiger partial charge >= 0.3 is 0 Å². The van der Waals surface area contributed by atoms with Crippen LogP contribution in [0.25, 0.3) is 21.3 Å². The number of rotatable bonds is 6. The molecule has 0 N–H and O–H groups in total. The Bertz CT molecular complexity index is 893. The van der Waals surface area contributed by atoms with Gasteiger partial charge in [0.15, 0.2) is 5.82 Å². The summed E-state index contributed by atoms with van der Waals surface area (Å²) in [6, 6.07) is 10.3. The number of hydrogen-bond acceptors (Lipinski definition) is 4. The number of thiazole rings is 1. The maximum absolute atomic E-state index is 4.56. The van der Waals surface area contributed by atoms with Crippen LogP contribution in [0.15, 0.2) is 67.6 Å². The molecule has 0 radical (unpaired) electrons. The first-order chi connectivity index (χ1) is 11.9. The zero-order chi connectivity index (χ0) is 16.2. The van der Waals surface area contributed by atoms with Crippen molar-refractivity contribution < 1.29 is 0 Å². The summed E-state index contributed by atoms with van der Waals surface area (Å²) in [5.41, 5.74) is 1.15. The summed E-state index contributed by atoms with van der Waals surface area (Å²) in [6.07, 6.45) is 12.5. The van der Waals surface area contributed by atoms with Gasteiger partial charge in [0.05, 0.1) is 11.2 Å². The molecule has 0 saturated carbocycles. The number of benzene rings is 1. The number of hydrogen-bond donors (Lipinski definition) is 0. The van der Waals surface area contributed by atoms with E-state index in [1.54, 1.807) is 11.3 Å². The standard InChI is InChI=1S/C18H17N5S/c1-2-5-15(6-3-1)18-21-13-16(24-18)17-20-8-12-23(17)10-4-9-22-11-7-19-14-22/h1-3,5-8,11-14H,4,9-10H2. The third-order valence-corrected chi connectivity index (χ3v) is 4.88. The van der Waals surface area contributed by atoms with Crippen LogP contribution in [0.1, 0.15) is 6.42 Å². The average molecular weight is 335 g/mol. The Labute approximate surface area is 144 Å². The van der Waals surface area contributed by atoms with E-state index in [-0.39, 0.29) is 0 Å². The van der Waals surface area contributed by atoms with Crippen molar-refractivity contribution in [1.82, 2.24) is 24.1 Å². The summed E-state index contributed by atoms with van der Waals surface area (Å²) in [5, 5.41) is 1.03. The van der Waals surface area contributed by atoms with Gasteiger partial charge in [-0.3, -0.25) is 0 Å². The molecule has 0 amide bonds. The molecular formula is C18H17N5S. The fraction of sp³-hybridized carbons (Fsp3) is 0.167. The average Bonchev–Trinajstić information content (AvgIpc) is 3.37. The summed E-state index contributed by atoms with van der Waals surface area (Å²) in [4.78, 5) is 14.3. The lowest BCUT2D eigenvalue weighted by Crippen LogP contribution is -2.03. The van der Waals surface area contributed by atoms with Crippen LogP contribution in [0.2, 0.25) is 0 Å². The highest BCUT2D eigenvalue weighted by Crippen LogP contribution is 2.31. The molecule has 120 valence electrons. The quantitative estimate of drug-likeness (QED) is 0.536. The summed E-state index contributed by atoms with van der Waals surface area (Å²) >= 11 is 1.68. The lowest BCUT2D eigenvalue weighted by atomic mass is 10.2. The van der Waals surface area contributed by atoms with E-state index in [1.165, 1.54) is 0 Å². The highest BCUT2D eigenvalue weighted by atomic mass is 32.1. The fourth-order valence-corrected chi connectivity index (χ4v) is 3.58. The molecule has 5 nitrogen and oxygen atoms in total. The molecular weight excluding hydrogens is 318 g/mol. The van der Waals surface area contributed by atoms with Gasteiger partial charge in [-0.25, -0.2) is 15.0 Å². The predicted molar refractivity (Wildman–Crippen MR) is 95.6 cm³/mol. The van der Waals surface area contributed by atoms with Crippen LogP contribution in [-0.2, 0) is 13.1 Å². The molecule has 4 rings (SSSR count). The lowest BCUT2D eigenvalue weighted by molar-refractivity contribution is 0.566. The summed E-state index contributed by atoms with van der Waals surface area (Å²) in [7, 11) is 0. The fourth-order valence-electron chi connectivity index (χ4n) is 2.65. The second kappa shape index (κ2) is 6.80. The molecule has 6 heteroatoms. The van der Waals surface area contributed by atoms with Crippen LogP contribution < -0.4 is 0 Å². The zero-order valence-electron chi connectivity index (χ0n) is 13.1. The van der Waals surface area contributed by atoms with E-state index in [1.807, 2.05) is 55.5 Å². The van der Waals surface area contributed by atoms with Crippen molar-refractivity contribution in [2.45, 2.75) is 19.5 Å². The molecule has 0 bridgehead atoms. The largest absolute Gasteiger partial charge is 0.337 e. The second-order valence-corrected chi connectivity index (χ2v) is 6.52. The van der Waals surface area contributed by atoms with E-state index in [0.717, 1.165) is 40.8 Å². The second-order valence-electron chi connectivity index (χ2n) is 5.49. The molecule has 24 heavy (non-hydrogen) atoms. The minimum absolute atomic E-state index is 0.923. The molecule has 0 spiro atoms. The Morgan fingerprint density at radius 1 is 0.958 bits per heavy atom. The summed E-state index contributed by atoms with van der Waals surface area (Å²) in [5.74, 6) is 0.986. The van der Waals surface area contributed by atoms with E-state index in [9.17, 15) is 0 Å². The van der Waals surface area contributed by atoms with Gasteiger partial charge in [0.1, 0.15) is 5.01 Å². The van der Waals surface area contributed by atoms with Gasteiger partial charge < -0.3 is 9.13 Å². The van der Waals surface area contributed by atoms with Gasteiger partial charge in [0.25, 0.3) is 0 Å². The molecule has 0 fully saturated rings. The van der Waals surface area contributed by atoms with E-state index in [2.05, 4.69) is 36.2 Å². The normalized spacial score (nSPS) is 11.0. The molecule has 0 unspecified atom stereocenters. The van der Waals surface area contributed by atoms with E-state index in [0.29, 0.717) is 0 Å². The first-order valence-corrected chi connectivity index (χ1v) is 8.70. The molecule has 3 aromatic heterocycles. The van der Waals surface area contributed by atoms with E-state index in [4.69, 9.17) is 0 Å². The minimum atomic E-state index is 0.923. The third-order valence-electron chi connectivity index (χ3n) is 3.84. The summed E-state index contributed by atoms with van der Waals surface area (Å²) < 4.78 is 4.29. The lowest BCUT2D eigenvalue weighted by Gasteiger charge is -2.06. The molecule has 0 aliphatic carbocycles. The molecule has 0 aliphatic heterocycles. The van der Waals surface area contributed by atoms with Crippen molar-refractivity contribution in [3.05, 3.63) is 67.6 Å². The van der Waals surface area contributed by atoms with Crippen molar-refractivity contribution in [2.75, 3.05) is 0 Å². The van der Waals surface area contributed by atoms with Crippen LogP contribution in [0.3, 0.4) is 0 Å². The van der Waals surface area contributed by atoms with Gasteiger partial charge in [-0.05, 0) is 6.42 Å². The van der Waals surface area contributed by atoms with Crippen LogP contribution in [0.5, 0.6) is 0 Å². The first-order valence-electron chi connectivity index (χ1n) is 7.88. The van der Waals surface area contributed by atoms with Crippen molar-refractivity contribution in [1.29, 1.82) is 0 Å². The molecule has 0 saturated heterocycles. The van der Waals surface area contributed by atoms with Crippen molar-refractivity contribution in [2.24, 2.45) is 0 Å². The van der Waals surface area contributed by atoms with Gasteiger partial charge in [-0.15, -0.1) is 11.3 Å². The summed E-state index contributed by atoms with van der Waals surface area (Å²) in [6.45, 7) is 1.88. The Balaban J connectivity index is 1.49. The third kappa shape index (κ3) is 3.14. The van der Waals surface area contributed by atoms with Crippen LogP contribution >= 0.6 is 11.3 Å². The smallest absolute Gasteiger partial charge is 0.151 e. The minimum Gasteiger partial charge on any atom is -0.337 e. The molecule has 3 heterocycles. The maximum atomic E-state index is 4.56. The SMILES string of the molecule is c1ccc(-c2ncc(-c3nccn3CCCn3ccnc3)s2)cc1. The van der Waals surface area contributed by atoms with Crippen LogP contribution in [0.4, 0.5) is 0 Å².